The summed E-state index contributed by atoms with van der Waals surface area (Å²) < 4.78 is 41.2. The highest BCUT2D eigenvalue weighted by atomic mass is 31.2. The average molecular weight is 765 g/mol. The van der Waals surface area contributed by atoms with E-state index in [4.69, 9.17) is 28.0 Å². The van der Waals surface area contributed by atoms with Crippen molar-refractivity contribution >= 4 is 14.7 Å². The molecule has 1 unspecified atom stereocenters. The van der Waals surface area contributed by atoms with Crippen LogP contribution in [0.3, 0.4) is 0 Å². The summed E-state index contributed by atoms with van der Waals surface area (Å²) in [4.78, 5) is 4.11. The number of benzene rings is 3. The minimum Gasteiger partial charge on any atom is -0.497 e. The predicted molar refractivity (Wildman–Crippen MR) is 225 cm³/mol. The van der Waals surface area contributed by atoms with Gasteiger partial charge in [-0.15, -0.1) is 0 Å². The zero-order valence-electron chi connectivity index (χ0n) is 35.1. The Balaban J connectivity index is 1.93. The van der Waals surface area contributed by atoms with Crippen LogP contribution in [0.2, 0.25) is 0 Å². The third-order valence-electron chi connectivity index (χ3n) is 10.7. The Morgan fingerprint density at radius 2 is 1.09 bits per heavy atom. The molecule has 0 aliphatic carbocycles. The first-order valence-electron chi connectivity index (χ1n) is 20.0. The van der Waals surface area contributed by atoms with E-state index < -0.39 is 19.7 Å². The van der Waals surface area contributed by atoms with Crippen molar-refractivity contribution in [2.24, 2.45) is 4.99 Å². The Morgan fingerprint density at radius 3 is 1.54 bits per heavy atom. The van der Waals surface area contributed by atoms with Crippen molar-refractivity contribution in [1.82, 2.24) is 4.67 Å². The van der Waals surface area contributed by atoms with Crippen LogP contribution >= 0.6 is 8.53 Å². The molecule has 0 heterocycles. The molecule has 9 heteroatoms. The van der Waals surface area contributed by atoms with E-state index in [0.717, 1.165) is 73.1 Å². The average Bonchev–Trinajstić information content (AvgIpc) is 3.20. The maximum Gasteiger partial charge on any atom is 0.259 e. The smallest absolute Gasteiger partial charge is 0.259 e. The van der Waals surface area contributed by atoms with Gasteiger partial charge in [-0.1, -0.05) is 82.3 Å². The standard InChI is InChI=1S/C45H69N2O6P/c1-12-43(13-2,31-35-52-54(51-33-19-32-46-9)47(36(5)6)37(7)8)50-34-30-44(14-3,15-4)53-45(38-20-17-16-18-21-38,39-22-26-41(48-10)27-23-39)40-24-28-42(49-11)29-25-40/h16-18,20-29,32,36-37H,12-15,19,30-31,33-35H2,1-11H3. The van der Waals surface area contributed by atoms with E-state index in [1.54, 1.807) is 21.3 Å². The summed E-state index contributed by atoms with van der Waals surface area (Å²) in [6.07, 6.45) is 7.56. The Hall–Kier alpha value is -2.84. The molecule has 0 amide bonds. The van der Waals surface area contributed by atoms with Crippen molar-refractivity contribution < 1.29 is 28.0 Å². The molecule has 0 fully saturated rings. The van der Waals surface area contributed by atoms with Gasteiger partial charge >= 0.3 is 0 Å². The van der Waals surface area contributed by atoms with Crippen molar-refractivity contribution in [1.29, 1.82) is 0 Å². The minimum atomic E-state index is -1.23. The summed E-state index contributed by atoms with van der Waals surface area (Å²) in [6, 6.07) is 27.7. The summed E-state index contributed by atoms with van der Waals surface area (Å²) in [6.45, 7) is 19.4. The van der Waals surface area contributed by atoms with Gasteiger partial charge in [0.15, 0.2) is 0 Å². The molecule has 1 atom stereocenters. The lowest BCUT2D eigenvalue weighted by molar-refractivity contribution is -0.152. The molecule has 54 heavy (non-hydrogen) atoms. The second-order valence-corrected chi connectivity index (χ2v) is 15.9. The lowest BCUT2D eigenvalue weighted by Gasteiger charge is -2.45. The molecule has 3 aromatic carbocycles. The first-order valence-corrected chi connectivity index (χ1v) is 21.1. The molecule has 0 spiro atoms. The Bertz CT molecular complexity index is 1420. The zero-order valence-corrected chi connectivity index (χ0v) is 36.0. The van der Waals surface area contributed by atoms with Gasteiger partial charge in [-0.05, 0) is 101 Å². The quantitative estimate of drug-likeness (QED) is 0.0349. The molecule has 0 aromatic heterocycles. The largest absolute Gasteiger partial charge is 0.497 e. The summed E-state index contributed by atoms with van der Waals surface area (Å²) in [5.41, 5.74) is 1.37. The van der Waals surface area contributed by atoms with E-state index in [2.05, 4.69) is 120 Å². The SMILES string of the molecule is CCC(CC)(CCOP(OCCC=NC)N(C(C)C)C(C)C)OCCC(CC)(CC)OC(c1ccccc1)(c1ccc(OC)cc1)c1ccc(OC)cc1. The predicted octanol–water partition coefficient (Wildman–Crippen LogP) is 11.4. The number of ether oxygens (including phenoxy) is 4. The van der Waals surface area contributed by atoms with E-state index in [1.165, 1.54) is 0 Å². The second kappa shape index (κ2) is 22.6. The number of methoxy groups -OCH3 is 2. The van der Waals surface area contributed by atoms with E-state index in [-0.39, 0.29) is 5.60 Å². The maximum absolute atomic E-state index is 7.73. The van der Waals surface area contributed by atoms with Crippen LogP contribution in [0.5, 0.6) is 11.5 Å². The lowest BCUT2D eigenvalue weighted by atomic mass is 9.78. The highest BCUT2D eigenvalue weighted by molar-refractivity contribution is 7.44. The van der Waals surface area contributed by atoms with Gasteiger partial charge in [0.25, 0.3) is 8.53 Å². The third-order valence-corrected chi connectivity index (χ3v) is 12.8. The number of rotatable bonds is 26. The van der Waals surface area contributed by atoms with Crippen LogP contribution in [-0.2, 0) is 24.1 Å². The Labute approximate surface area is 328 Å². The minimum absolute atomic E-state index is 0.296. The van der Waals surface area contributed by atoms with Crippen molar-refractivity contribution in [3.05, 3.63) is 95.6 Å². The van der Waals surface area contributed by atoms with Crippen molar-refractivity contribution in [3.8, 4) is 11.5 Å². The van der Waals surface area contributed by atoms with Gasteiger partial charge in [0.2, 0.25) is 0 Å². The van der Waals surface area contributed by atoms with E-state index in [9.17, 15) is 0 Å². The van der Waals surface area contributed by atoms with Gasteiger partial charge in [-0.2, -0.15) is 0 Å². The molecule has 300 valence electrons. The van der Waals surface area contributed by atoms with Crippen LogP contribution in [0.15, 0.2) is 83.9 Å². The molecule has 0 saturated carbocycles. The molecule has 0 saturated heterocycles. The van der Waals surface area contributed by atoms with Gasteiger partial charge in [-0.25, -0.2) is 4.67 Å². The van der Waals surface area contributed by atoms with Crippen LogP contribution in [0.4, 0.5) is 0 Å². The summed E-state index contributed by atoms with van der Waals surface area (Å²) in [5.74, 6) is 1.60. The monoisotopic (exact) mass is 764 g/mol. The van der Waals surface area contributed by atoms with Gasteiger partial charge in [0.1, 0.15) is 17.1 Å². The maximum atomic E-state index is 7.73. The van der Waals surface area contributed by atoms with Crippen molar-refractivity contribution in [2.75, 3.05) is 41.1 Å². The molecular formula is C45H69N2O6P. The van der Waals surface area contributed by atoms with Crippen molar-refractivity contribution in [3.63, 3.8) is 0 Å². The molecule has 0 bridgehead atoms. The van der Waals surface area contributed by atoms with E-state index >= 15 is 0 Å². The molecule has 0 aliphatic heterocycles. The number of hydrogen-bond acceptors (Lipinski definition) is 8. The highest BCUT2D eigenvalue weighted by Crippen LogP contribution is 2.48. The molecule has 0 radical (unpaired) electrons. The van der Waals surface area contributed by atoms with E-state index in [1.807, 2.05) is 30.5 Å². The van der Waals surface area contributed by atoms with Gasteiger partial charge < -0.3 is 33.0 Å². The first kappa shape index (κ1) is 45.5. The van der Waals surface area contributed by atoms with Gasteiger partial charge in [-0.3, -0.25) is 0 Å². The van der Waals surface area contributed by atoms with Crippen LogP contribution in [0.25, 0.3) is 0 Å². The summed E-state index contributed by atoms with van der Waals surface area (Å²) >= 11 is 0. The molecular weight excluding hydrogens is 695 g/mol. The van der Waals surface area contributed by atoms with Crippen LogP contribution < -0.4 is 9.47 Å². The van der Waals surface area contributed by atoms with Crippen LogP contribution in [0.1, 0.15) is 117 Å². The normalized spacial score (nSPS) is 13.4. The summed E-state index contributed by atoms with van der Waals surface area (Å²) in [5, 5.41) is 0. The zero-order chi connectivity index (χ0) is 39.6. The van der Waals surface area contributed by atoms with Crippen molar-refractivity contribution in [2.45, 2.75) is 129 Å². The highest BCUT2D eigenvalue weighted by Gasteiger charge is 2.45. The number of hydrogen-bond donors (Lipinski definition) is 0. The fourth-order valence-electron chi connectivity index (χ4n) is 7.22. The second-order valence-electron chi connectivity index (χ2n) is 14.4. The van der Waals surface area contributed by atoms with E-state index in [0.29, 0.717) is 31.9 Å². The fourth-order valence-corrected chi connectivity index (χ4v) is 8.83. The molecule has 0 aliphatic rings. The Morgan fingerprint density at radius 1 is 0.630 bits per heavy atom. The molecule has 0 N–H and O–H groups in total. The number of aliphatic imine (C=N–C) groups is 1. The Kier molecular flexibility index (Phi) is 19.1. The first-order chi connectivity index (χ1) is 26.0. The van der Waals surface area contributed by atoms with Crippen LogP contribution in [-0.4, -0.2) is 75.3 Å². The van der Waals surface area contributed by atoms with Gasteiger partial charge in [0.05, 0.1) is 45.2 Å². The molecule has 3 aromatic rings. The molecule has 3 rings (SSSR count). The topological polar surface area (TPSA) is 71.0 Å². The van der Waals surface area contributed by atoms with Gasteiger partial charge in [0, 0.05) is 38.2 Å². The third kappa shape index (κ3) is 11.8. The number of nitrogens with zero attached hydrogens (tertiary/aromatic N) is 2. The molecule has 8 nitrogen and oxygen atoms in total. The fraction of sp³-hybridized carbons (Fsp3) is 0.578. The summed E-state index contributed by atoms with van der Waals surface area (Å²) in [7, 11) is 3.96. The van der Waals surface area contributed by atoms with Crippen LogP contribution in [0, 0.1) is 0 Å². The lowest BCUT2D eigenvalue weighted by Crippen LogP contribution is -2.45.